The quantitative estimate of drug-likeness (QED) is 0.820. The Morgan fingerprint density at radius 1 is 1.05 bits per heavy atom. The number of carbonyl (C=O) groups is 1. The fourth-order valence-electron chi connectivity index (χ4n) is 3.72. The molecule has 1 amide bonds. The molecule has 1 aliphatic heterocycles. The number of aryl methyl sites for hydroxylation is 1. The van der Waals surface area contributed by atoms with E-state index in [0.29, 0.717) is 11.9 Å². The molecule has 0 unspecified atom stereocenters. The molecule has 1 saturated heterocycles. The second-order valence-electron chi connectivity index (χ2n) is 6.50. The van der Waals surface area contributed by atoms with Gasteiger partial charge in [0.05, 0.1) is 0 Å². The zero-order chi connectivity index (χ0) is 13.9. The average molecular weight is 271 g/mol. The smallest absolute Gasteiger partial charge is 0.226 e. The van der Waals surface area contributed by atoms with Crippen molar-refractivity contribution < 1.29 is 4.79 Å². The normalized spacial score (nSPS) is 24.4. The minimum atomic E-state index is 0.222. The van der Waals surface area contributed by atoms with Gasteiger partial charge in [-0.25, -0.2) is 0 Å². The van der Waals surface area contributed by atoms with Gasteiger partial charge in [-0.15, -0.1) is 0 Å². The van der Waals surface area contributed by atoms with Crippen molar-refractivity contribution in [1.82, 2.24) is 4.90 Å². The van der Waals surface area contributed by atoms with Crippen LogP contribution in [-0.2, 0) is 11.2 Å². The number of hydrogen-bond acceptors (Lipinski definition) is 1. The maximum Gasteiger partial charge on any atom is 0.226 e. The Balaban J connectivity index is 1.61. The Morgan fingerprint density at radius 2 is 1.75 bits per heavy atom. The maximum atomic E-state index is 12.6. The number of rotatable bonds is 3. The summed E-state index contributed by atoms with van der Waals surface area (Å²) < 4.78 is 0. The Kier molecular flexibility index (Phi) is 4.09. The molecular formula is C18H25NO. The predicted octanol–water partition coefficient (Wildman–Crippen LogP) is 3.72. The standard InChI is InChI=1S/C18H25NO/c1-14-7-9-15(10-8-14)13-16-11-12-19(18(16)20)17-5-3-2-4-6-17/h7-10,16-17H,2-6,11-13H2,1H3/t16-/m1/s1. The van der Waals surface area contributed by atoms with Crippen LogP contribution in [0.4, 0.5) is 0 Å². The van der Waals surface area contributed by atoms with Crippen LogP contribution in [0.2, 0.25) is 0 Å². The summed E-state index contributed by atoms with van der Waals surface area (Å²) >= 11 is 0. The van der Waals surface area contributed by atoms with Crippen LogP contribution in [0.3, 0.4) is 0 Å². The van der Waals surface area contributed by atoms with E-state index >= 15 is 0 Å². The molecule has 0 spiro atoms. The third-order valence-electron chi connectivity index (χ3n) is 4.97. The summed E-state index contributed by atoms with van der Waals surface area (Å²) in [6, 6.07) is 9.18. The topological polar surface area (TPSA) is 20.3 Å². The van der Waals surface area contributed by atoms with Crippen molar-refractivity contribution in [1.29, 1.82) is 0 Å². The van der Waals surface area contributed by atoms with Crippen LogP contribution in [0.25, 0.3) is 0 Å². The molecule has 1 aromatic carbocycles. The summed E-state index contributed by atoms with van der Waals surface area (Å²) in [5.41, 5.74) is 2.59. The molecule has 1 atom stereocenters. The minimum Gasteiger partial charge on any atom is -0.339 e. The van der Waals surface area contributed by atoms with Gasteiger partial charge >= 0.3 is 0 Å². The summed E-state index contributed by atoms with van der Waals surface area (Å²) in [5, 5.41) is 0. The van der Waals surface area contributed by atoms with Crippen molar-refractivity contribution in [2.75, 3.05) is 6.54 Å². The van der Waals surface area contributed by atoms with Crippen LogP contribution < -0.4 is 0 Å². The van der Waals surface area contributed by atoms with E-state index in [4.69, 9.17) is 0 Å². The zero-order valence-electron chi connectivity index (χ0n) is 12.5. The minimum absolute atomic E-state index is 0.222. The van der Waals surface area contributed by atoms with E-state index in [1.165, 1.54) is 43.2 Å². The summed E-state index contributed by atoms with van der Waals surface area (Å²) in [6.45, 7) is 3.09. The summed E-state index contributed by atoms with van der Waals surface area (Å²) in [6.07, 6.45) is 8.37. The first-order chi connectivity index (χ1) is 9.74. The van der Waals surface area contributed by atoms with Crippen molar-refractivity contribution in [3.8, 4) is 0 Å². The monoisotopic (exact) mass is 271 g/mol. The second-order valence-corrected chi connectivity index (χ2v) is 6.50. The SMILES string of the molecule is Cc1ccc(C[C@H]2CCN(C3CCCCC3)C2=O)cc1. The van der Waals surface area contributed by atoms with Gasteiger partial charge in [-0.1, -0.05) is 49.1 Å². The Bertz CT molecular complexity index is 459. The molecule has 108 valence electrons. The van der Waals surface area contributed by atoms with Crippen molar-refractivity contribution in [3.05, 3.63) is 35.4 Å². The third-order valence-corrected chi connectivity index (χ3v) is 4.97. The van der Waals surface area contributed by atoms with Crippen molar-refractivity contribution in [3.63, 3.8) is 0 Å². The first-order valence-corrected chi connectivity index (χ1v) is 8.10. The van der Waals surface area contributed by atoms with E-state index in [0.717, 1.165) is 19.4 Å². The summed E-state index contributed by atoms with van der Waals surface area (Å²) in [4.78, 5) is 14.8. The van der Waals surface area contributed by atoms with Crippen LogP contribution in [0.15, 0.2) is 24.3 Å². The van der Waals surface area contributed by atoms with Gasteiger partial charge in [0.1, 0.15) is 0 Å². The highest BCUT2D eigenvalue weighted by Crippen LogP contribution is 2.30. The lowest BCUT2D eigenvalue weighted by Gasteiger charge is -2.31. The summed E-state index contributed by atoms with van der Waals surface area (Å²) in [7, 11) is 0. The van der Waals surface area contributed by atoms with E-state index < -0.39 is 0 Å². The zero-order valence-corrected chi connectivity index (χ0v) is 12.5. The van der Waals surface area contributed by atoms with Crippen molar-refractivity contribution in [2.24, 2.45) is 5.92 Å². The molecule has 1 aliphatic carbocycles. The number of hydrogen-bond donors (Lipinski definition) is 0. The molecule has 20 heavy (non-hydrogen) atoms. The molecular weight excluding hydrogens is 246 g/mol. The van der Waals surface area contributed by atoms with Gasteiger partial charge in [-0.2, -0.15) is 0 Å². The highest BCUT2D eigenvalue weighted by atomic mass is 16.2. The number of amides is 1. The molecule has 2 nitrogen and oxygen atoms in total. The number of benzene rings is 1. The van der Waals surface area contributed by atoms with Gasteiger partial charge in [-0.3, -0.25) is 4.79 Å². The van der Waals surface area contributed by atoms with Gasteiger partial charge in [0.15, 0.2) is 0 Å². The average Bonchev–Trinajstić information content (AvgIpc) is 2.84. The predicted molar refractivity (Wildman–Crippen MR) is 81.6 cm³/mol. The van der Waals surface area contributed by atoms with Crippen molar-refractivity contribution in [2.45, 2.75) is 57.9 Å². The highest BCUT2D eigenvalue weighted by molar-refractivity contribution is 5.81. The van der Waals surface area contributed by atoms with Gasteiger partial charge < -0.3 is 4.90 Å². The molecule has 0 aromatic heterocycles. The Hall–Kier alpha value is -1.31. The lowest BCUT2D eigenvalue weighted by molar-refractivity contribution is -0.133. The molecule has 1 aromatic rings. The van der Waals surface area contributed by atoms with Crippen LogP contribution >= 0.6 is 0 Å². The Morgan fingerprint density at radius 3 is 2.45 bits per heavy atom. The van der Waals surface area contributed by atoms with E-state index in [9.17, 15) is 4.79 Å². The maximum absolute atomic E-state index is 12.6. The molecule has 3 rings (SSSR count). The van der Waals surface area contributed by atoms with Crippen LogP contribution in [0.5, 0.6) is 0 Å². The largest absolute Gasteiger partial charge is 0.339 e. The fourth-order valence-corrected chi connectivity index (χ4v) is 3.72. The van der Waals surface area contributed by atoms with E-state index in [1.807, 2.05) is 0 Å². The van der Waals surface area contributed by atoms with Crippen LogP contribution in [0.1, 0.15) is 49.7 Å². The highest BCUT2D eigenvalue weighted by Gasteiger charge is 2.35. The van der Waals surface area contributed by atoms with Crippen LogP contribution in [0, 0.1) is 12.8 Å². The lowest BCUT2D eigenvalue weighted by atomic mass is 9.94. The third kappa shape index (κ3) is 2.89. The van der Waals surface area contributed by atoms with Crippen molar-refractivity contribution >= 4 is 5.91 Å². The Labute approximate surface area is 122 Å². The molecule has 2 fully saturated rings. The first kappa shape index (κ1) is 13.7. The molecule has 1 saturated carbocycles. The first-order valence-electron chi connectivity index (χ1n) is 8.10. The summed E-state index contributed by atoms with van der Waals surface area (Å²) in [5.74, 6) is 0.636. The second kappa shape index (κ2) is 5.99. The molecule has 2 aliphatic rings. The van der Waals surface area contributed by atoms with Gasteiger partial charge in [-0.05, 0) is 38.2 Å². The molecule has 2 heteroatoms. The van der Waals surface area contributed by atoms with Gasteiger partial charge in [0.25, 0.3) is 0 Å². The van der Waals surface area contributed by atoms with Gasteiger partial charge in [0, 0.05) is 18.5 Å². The number of likely N-dealkylation sites (tertiary alicyclic amines) is 1. The van der Waals surface area contributed by atoms with E-state index in [1.54, 1.807) is 0 Å². The van der Waals surface area contributed by atoms with Crippen LogP contribution in [-0.4, -0.2) is 23.4 Å². The van der Waals surface area contributed by atoms with E-state index in [2.05, 4.69) is 36.1 Å². The molecule has 1 heterocycles. The molecule has 0 radical (unpaired) electrons. The number of carbonyl (C=O) groups excluding carboxylic acids is 1. The molecule has 0 bridgehead atoms. The van der Waals surface area contributed by atoms with E-state index in [-0.39, 0.29) is 5.92 Å². The fraction of sp³-hybridized carbons (Fsp3) is 0.611. The van der Waals surface area contributed by atoms with Gasteiger partial charge in [0.2, 0.25) is 5.91 Å². The molecule has 0 N–H and O–H groups in total. The lowest BCUT2D eigenvalue weighted by Crippen LogP contribution is -2.39. The number of nitrogens with zero attached hydrogens (tertiary/aromatic N) is 1.